The van der Waals surface area contributed by atoms with Crippen LogP contribution in [-0.4, -0.2) is 4.98 Å². The minimum Gasteiger partial charge on any atom is -0.332 e. The molecule has 0 unspecified atom stereocenters. The van der Waals surface area contributed by atoms with Crippen LogP contribution in [-0.2, 0) is 0 Å². The van der Waals surface area contributed by atoms with Crippen molar-refractivity contribution < 1.29 is 0 Å². The van der Waals surface area contributed by atoms with Gasteiger partial charge in [0.25, 0.3) is 0 Å². The number of hydrogen-bond donors (Lipinski definition) is 1. The average Bonchev–Trinajstić information content (AvgIpc) is 2.74. The average molecular weight is 239 g/mol. The zero-order valence-corrected chi connectivity index (χ0v) is 10.00. The highest BCUT2D eigenvalue weighted by atomic mass is 32.1. The van der Waals surface area contributed by atoms with Crippen molar-refractivity contribution in [2.24, 2.45) is 0 Å². The molecule has 1 N–H and O–H groups in total. The molecule has 2 nitrogen and oxygen atoms in total. The van der Waals surface area contributed by atoms with E-state index in [1.807, 2.05) is 42.5 Å². The van der Waals surface area contributed by atoms with E-state index in [9.17, 15) is 0 Å². The molecule has 3 heteroatoms. The highest BCUT2D eigenvalue weighted by Gasteiger charge is 2.02. The second-order valence-electron chi connectivity index (χ2n) is 3.81. The molecular formula is C14H11N2S. The fourth-order valence-electron chi connectivity index (χ4n) is 1.64. The fourth-order valence-corrected chi connectivity index (χ4v) is 2.52. The van der Waals surface area contributed by atoms with E-state index in [-0.39, 0.29) is 0 Å². The maximum absolute atomic E-state index is 4.52. The normalized spacial score (nSPS) is 10.6. The van der Waals surface area contributed by atoms with E-state index in [1.165, 1.54) is 4.70 Å². The van der Waals surface area contributed by atoms with Gasteiger partial charge in [-0.05, 0) is 36.8 Å². The highest BCUT2D eigenvalue weighted by molar-refractivity contribution is 7.22. The van der Waals surface area contributed by atoms with Gasteiger partial charge < -0.3 is 5.32 Å². The summed E-state index contributed by atoms with van der Waals surface area (Å²) in [5.74, 6) is 0. The zero-order chi connectivity index (χ0) is 11.7. The van der Waals surface area contributed by atoms with Crippen LogP contribution in [0.3, 0.4) is 0 Å². The molecule has 0 saturated carbocycles. The third-order valence-corrected chi connectivity index (χ3v) is 3.45. The summed E-state index contributed by atoms with van der Waals surface area (Å²) in [6.45, 7) is 3.86. The zero-order valence-electron chi connectivity index (χ0n) is 9.18. The molecule has 0 fully saturated rings. The summed E-state index contributed by atoms with van der Waals surface area (Å²) in [5.41, 5.74) is 3.09. The molecule has 0 bridgehead atoms. The number of para-hydroxylation sites is 1. The maximum Gasteiger partial charge on any atom is 0.188 e. The van der Waals surface area contributed by atoms with Crippen LogP contribution >= 0.6 is 11.3 Å². The number of benzene rings is 2. The molecule has 1 aromatic heterocycles. The number of anilines is 2. The Morgan fingerprint density at radius 2 is 1.76 bits per heavy atom. The minimum atomic E-state index is 0.919. The van der Waals surface area contributed by atoms with Gasteiger partial charge in [0.2, 0.25) is 0 Å². The summed E-state index contributed by atoms with van der Waals surface area (Å²) in [6, 6.07) is 16.1. The minimum absolute atomic E-state index is 0.919. The van der Waals surface area contributed by atoms with Crippen LogP contribution in [0.15, 0.2) is 48.5 Å². The molecule has 0 amide bonds. The number of nitrogens with zero attached hydrogens (tertiary/aromatic N) is 1. The van der Waals surface area contributed by atoms with E-state index in [0.717, 1.165) is 21.9 Å². The standard InChI is InChI=1S/C14H11N2S/c1-10-6-8-11(9-7-10)15-14-16-12-4-2-3-5-13(12)17-14/h2-9H,1H2,(H,15,16). The third kappa shape index (κ3) is 2.15. The molecule has 3 aromatic rings. The summed E-state index contributed by atoms with van der Waals surface area (Å²) < 4.78 is 1.20. The molecule has 2 aromatic carbocycles. The van der Waals surface area contributed by atoms with Gasteiger partial charge in [0, 0.05) is 5.69 Å². The molecule has 1 radical (unpaired) electrons. The van der Waals surface area contributed by atoms with Gasteiger partial charge in [0.1, 0.15) is 0 Å². The van der Waals surface area contributed by atoms with Crippen LogP contribution in [0.1, 0.15) is 5.56 Å². The fraction of sp³-hybridized carbons (Fsp3) is 0. The lowest BCUT2D eigenvalue weighted by Gasteiger charge is -2.01. The van der Waals surface area contributed by atoms with E-state index in [1.54, 1.807) is 11.3 Å². The van der Waals surface area contributed by atoms with Crippen LogP contribution in [0.25, 0.3) is 10.2 Å². The van der Waals surface area contributed by atoms with Crippen molar-refractivity contribution in [3.8, 4) is 0 Å². The van der Waals surface area contributed by atoms with Gasteiger partial charge in [-0.25, -0.2) is 4.98 Å². The van der Waals surface area contributed by atoms with Gasteiger partial charge in [-0.15, -0.1) is 0 Å². The quantitative estimate of drug-likeness (QED) is 0.724. The SMILES string of the molecule is [CH2]c1ccc(Nc2nc3ccccc3s2)cc1. The first-order valence-electron chi connectivity index (χ1n) is 5.36. The van der Waals surface area contributed by atoms with Gasteiger partial charge in [-0.2, -0.15) is 0 Å². The third-order valence-electron chi connectivity index (χ3n) is 2.50. The molecule has 0 aliphatic rings. The molecule has 0 aliphatic heterocycles. The molecule has 83 valence electrons. The van der Waals surface area contributed by atoms with Crippen molar-refractivity contribution in [1.29, 1.82) is 0 Å². The molecule has 0 spiro atoms. The maximum atomic E-state index is 4.52. The Labute approximate surface area is 104 Å². The first-order valence-corrected chi connectivity index (χ1v) is 6.17. The Bertz CT molecular complexity index is 608. The molecule has 17 heavy (non-hydrogen) atoms. The van der Waals surface area contributed by atoms with Gasteiger partial charge >= 0.3 is 0 Å². The first kappa shape index (κ1) is 10.3. The van der Waals surface area contributed by atoms with E-state index in [2.05, 4.69) is 23.3 Å². The van der Waals surface area contributed by atoms with E-state index >= 15 is 0 Å². The number of rotatable bonds is 2. The second kappa shape index (κ2) is 4.18. The number of thiazole rings is 1. The van der Waals surface area contributed by atoms with Crippen LogP contribution < -0.4 is 5.32 Å². The Morgan fingerprint density at radius 3 is 2.53 bits per heavy atom. The van der Waals surface area contributed by atoms with Crippen LogP contribution in [0, 0.1) is 6.92 Å². The lowest BCUT2D eigenvalue weighted by Crippen LogP contribution is -1.88. The van der Waals surface area contributed by atoms with Gasteiger partial charge in [0.15, 0.2) is 5.13 Å². The Hall–Kier alpha value is -1.87. The largest absolute Gasteiger partial charge is 0.332 e. The van der Waals surface area contributed by atoms with Crippen LogP contribution in [0.2, 0.25) is 0 Å². The Morgan fingerprint density at radius 1 is 1.00 bits per heavy atom. The molecular weight excluding hydrogens is 228 g/mol. The number of aromatic nitrogens is 1. The Balaban J connectivity index is 1.92. The highest BCUT2D eigenvalue weighted by Crippen LogP contribution is 2.27. The van der Waals surface area contributed by atoms with Gasteiger partial charge in [-0.3, -0.25) is 0 Å². The molecule has 0 atom stereocenters. The van der Waals surface area contributed by atoms with Gasteiger partial charge in [0.05, 0.1) is 10.2 Å². The summed E-state index contributed by atoms with van der Waals surface area (Å²) in [4.78, 5) is 4.52. The van der Waals surface area contributed by atoms with Crippen molar-refractivity contribution in [3.63, 3.8) is 0 Å². The van der Waals surface area contributed by atoms with Crippen molar-refractivity contribution in [2.45, 2.75) is 0 Å². The lowest BCUT2D eigenvalue weighted by atomic mass is 10.2. The number of hydrogen-bond acceptors (Lipinski definition) is 3. The van der Waals surface area contributed by atoms with Crippen molar-refractivity contribution in [2.75, 3.05) is 5.32 Å². The van der Waals surface area contributed by atoms with Crippen molar-refractivity contribution >= 4 is 32.4 Å². The second-order valence-corrected chi connectivity index (χ2v) is 4.84. The van der Waals surface area contributed by atoms with E-state index in [4.69, 9.17) is 0 Å². The predicted molar refractivity (Wildman–Crippen MR) is 73.8 cm³/mol. The molecule has 0 aliphatic carbocycles. The molecule has 1 heterocycles. The monoisotopic (exact) mass is 239 g/mol. The van der Waals surface area contributed by atoms with Crippen molar-refractivity contribution in [1.82, 2.24) is 4.98 Å². The summed E-state index contributed by atoms with van der Waals surface area (Å²) >= 11 is 1.66. The van der Waals surface area contributed by atoms with Crippen molar-refractivity contribution in [3.05, 3.63) is 61.0 Å². The smallest absolute Gasteiger partial charge is 0.188 e. The van der Waals surface area contributed by atoms with Crippen LogP contribution in [0.5, 0.6) is 0 Å². The lowest BCUT2D eigenvalue weighted by molar-refractivity contribution is 1.44. The first-order chi connectivity index (χ1) is 8.31. The summed E-state index contributed by atoms with van der Waals surface area (Å²) in [7, 11) is 0. The summed E-state index contributed by atoms with van der Waals surface area (Å²) in [6.07, 6.45) is 0. The topological polar surface area (TPSA) is 24.9 Å². The predicted octanol–water partition coefficient (Wildman–Crippen LogP) is 4.22. The molecule has 3 rings (SSSR count). The summed E-state index contributed by atoms with van der Waals surface area (Å²) in [5, 5.41) is 4.22. The van der Waals surface area contributed by atoms with Gasteiger partial charge in [-0.1, -0.05) is 35.6 Å². The van der Waals surface area contributed by atoms with E-state index < -0.39 is 0 Å². The molecule has 0 saturated heterocycles. The Kier molecular flexibility index (Phi) is 2.53. The number of fused-ring (bicyclic) bond motifs is 1. The number of nitrogens with one attached hydrogen (secondary N) is 1. The van der Waals surface area contributed by atoms with Crippen LogP contribution in [0.4, 0.5) is 10.8 Å². The van der Waals surface area contributed by atoms with E-state index in [0.29, 0.717) is 0 Å².